The molecule has 3 heteroatoms. The van der Waals surface area contributed by atoms with E-state index in [1.165, 1.54) is 5.56 Å². The van der Waals surface area contributed by atoms with E-state index < -0.39 is 0 Å². The smallest absolute Gasteiger partial charge is 0.119 e. The lowest BCUT2D eigenvalue weighted by Gasteiger charge is -2.15. The van der Waals surface area contributed by atoms with Crippen LogP contribution in [0.4, 0.5) is 0 Å². The van der Waals surface area contributed by atoms with Crippen molar-refractivity contribution in [3.8, 4) is 5.75 Å². The van der Waals surface area contributed by atoms with Gasteiger partial charge in [-0.3, -0.25) is 0 Å². The van der Waals surface area contributed by atoms with Crippen molar-refractivity contribution in [1.82, 2.24) is 0 Å². The Morgan fingerprint density at radius 1 is 1.15 bits per heavy atom. The van der Waals surface area contributed by atoms with Crippen LogP contribution in [0.5, 0.6) is 5.75 Å². The normalized spacial score (nSPS) is 12.2. The second-order valence-electron chi connectivity index (χ2n) is 4.72. The summed E-state index contributed by atoms with van der Waals surface area (Å²) in [6, 6.07) is 15.7. The molecule has 0 aliphatic carbocycles. The number of halogens is 1. The molecule has 0 aliphatic rings. The Morgan fingerprint density at radius 3 is 2.50 bits per heavy atom. The molecule has 2 aromatic rings. The average molecular weight is 291 g/mol. The first-order valence-corrected chi connectivity index (χ1v) is 7.18. The maximum Gasteiger partial charge on any atom is 0.119 e. The lowest BCUT2D eigenvalue weighted by molar-refractivity contribution is 0.264. The largest absolute Gasteiger partial charge is 0.494 e. The van der Waals surface area contributed by atoms with Crippen molar-refractivity contribution in [3.63, 3.8) is 0 Å². The molecule has 0 aliphatic heterocycles. The highest BCUT2D eigenvalue weighted by molar-refractivity contribution is 6.30. The summed E-state index contributed by atoms with van der Waals surface area (Å²) in [7, 11) is 0. The molecule has 0 fully saturated rings. The van der Waals surface area contributed by atoms with Crippen LogP contribution in [0.3, 0.4) is 0 Å². The van der Waals surface area contributed by atoms with Crippen LogP contribution in [-0.4, -0.2) is 18.3 Å². The molecule has 106 valence electrons. The van der Waals surface area contributed by atoms with E-state index >= 15 is 0 Å². The summed E-state index contributed by atoms with van der Waals surface area (Å²) in [5, 5.41) is 10.3. The van der Waals surface area contributed by atoms with Gasteiger partial charge in [0.15, 0.2) is 0 Å². The van der Waals surface area contributed by atoms with Gasteiger partial charge in [-0.1, -0.05) is 35.9 Å². The Morgan fingerprint density at radius 2 is 1.90 bits per heavy atom. The van der Waals surface area contributed by atoms with Crippen molar-refractivity contribution < 1.29 is 9.84 Å². The van der Waals surface area contributed by atoms with Gasteiger partial charge in [0.25, 0.3) is 0 Å². The summed E-state index contributed by atoms with van der Waals surface area (Å²) >= 11 is 6.01. The summed E-state index contributed by atoms with van der Waals surface area (Å²) in [4.78, 5) is 0. The third-order valence-electron chi connectivity index (χ3n) is 3.26. The second kappa shape index (κ2) is 7.32. The van der Waals surface area contributed by atoms with Crippen LogP contribution in [0.2, 0.25) is 5.02 Å². The van der Waals surface area contributed by atoms with Gasteiger partial charge in [-0.15, -0.1) is 0 Å². The van der Waals surface area contributed by atoms with E-state index in [0.29, 0.717) is 11.6 Å². The topological polar surface area (TPSA) is 29.5 Å². The number of aliphatic hydroxyl groups is 1. The minimum atomic E-state index is 0.0617. The first kappa shape index (κ1) is 14.9. The van der Waals surface area contributed by atoms with E-state index in [9.17, 15) is 5.11 Å². The van der Waals surface area contributed by atoms with E-state index in [1.807, 2.05) is 55.5 Å². The molecule has 0 heterocycles. The molecule has 0 bridgehead atoms. The Hall–Kier alpha value is -1.51. The summed E-state index contributed by atoms with van der Waals surface area (Å²) in [6.07, 6.45) is 0.781. The third-order valence-corrected chi connectivity index (χ3v) is 3.49. The fourth-order valence-electron chi connectivity index (χ4n) is 2.22. The van der Waals surface area contributed by atoms with Crippen molar-refractivity contribution in [2.24, 2.45) is 0 Å². The first-order valence-electron chi connectivity index (χ1n) is 6.81. The summed E-state index contributed by atoms with van der Waals surface area (Å²) < 4.78 is 5.43. The third kappa shape index (κ3) is 3.99. The predicted molar refractivity (Wildman–Crippen MR) is 82.6 cm³/mol. The number of aliphatic hydroxyl groups excluding tert-OH is 1. The van der Waals surface area contributed by atoms with Crippen LogP contribution in [0.15, 0.2) is 48.5 Å². The Kier molecular flexibility index (Phi) is 5.45. The van der Waals surface area contributed by atoms with Crippen LogP contribution < -0.4 is 4.74 Å². The Balaban J connectivity index is 2.09. The maximum absolute atomic E-state index is 9.60. The van der Waals surface area contributed by atoms with Crippen LogP contribution in [0, 0.1) is 0 Å². The van der Waals surface area contributed by atoms with E-state index in [1.54, 1.807) is 0 Å². The minimum Gasteiger partial charge on any atom is -0.494 e. The molecular weight excluding hydrogens is 272 g/mol. The van der Waals surface area contributed by atoms with E-state index in [4.69, 9.17) is 16.3 Å². The van der Waals surface area contributed by atoms with Gasteiger partial charge in [0.2, 0.25) is 0 Å². The Labute approximate surface area is 125 Å². The van der Waals surface area contributed by atoms with E-state index in [0.717, 1.165) is 17.7 Å². The number of benzene rings is 2. The fraction of sp³-hybridized carbons (Fsp3) is 0.294. The molecule has 2 aromatic carbocycles. The predicted octanol–water partition coefficient (Wildman–Crippen LogP) is 4.06. The monoisotopic (exact) mass is 290 g/mol. The molecule has 2 nitrogen and oxygen atoms in total. The lowest BCUT2D eigenvalue weighted by Crippen LogP contribution is -2.07. The average Bonchev–Trinajstić information content (AvgIpc) is 2.47. The molecule has 20 heavy (non-hydrogen) atoms. The molecular formula is C17H19ClO2. The standard InChI is InChI=1S/C17H19ClO2/c1-2-20-17-8-6-13(7-9-17)10-15(12-19)14-4-3-5-16(18)11-14/h3-9,11,15,19H,2,10,12H2,1H3. The number of rotatable bonds is 6. The SMILES string of the molecule is CCOc1ccc(CC(CO)c2cccc(Cl)c2)cc1. The molecule has 1 unspecified atom stereocenters. The molecule has 2 rings (SSSR count). The van der Waals surface area contributed by atoms with Gasteiger partial charge < -0.3 is 9.84 Å². The lowest BCUT2D eigenvalue weighted by atomic mass is 9.93. The van der Waals surface area contributed by atoms with Gasteiger partial charge in [0.05, 0.1) is 13.2 Å². The maximum atomic E-state index is 9.60. The van der Waals surface area contributed by atoms with E-state index in [2.05, 4.69) is 0 Å². The summed E-state index contributed by atoms with van der Waals surface area (Å²) in [5.74, 6) is 0.936. The molecule has 0 saturated carbocycles. The van der Waals surface area contributed by atoms with Crippen LogP contribution in [0.25, 0.3) is 0 Å². The number of ether oxygens (including phenoxy) is 1. The highest BCUT2D eigenvalue weighted by atomic mass is 35.5. The molecule has 0 amide bonds. The highest BCUT2D eigenvalue weighted by Crippen LogP contribution is 2.24. The van der Waals surface area contributed by atoms with Gasteiger partial charge in [0.1, 0.15) is 5.75 Å². The zero-order valence-electron chi connectivity index (χ0n) is 11.6. The van der Waals surface area contributed by atoms with Gasteiger partial charge in [-0.2, -0.15) is 0 Å². The van der Waals surface area contributed by atoms with Crippen LogP contribution in [-0.2, 0) is 6.42 Å². The number of hydrogen-bond donors (Lipinski definition) is 1. The van der Waals surface area contributed by atoms with Crippen molar-refractivity contribution in [2.75, 3.05) is 13.2 Å². The van der Waals surface area contributed by atoms with Crippen LogP contribution in [0.1, 0.15) is 24.0 Å². The number of hydrogen-bond acceptors (Lipinski definition) is 2. The van der Waals surface area contributed by atoms with E-state index in [-0.39, 0.29) is 12.5 Å². The fourth-order valence-corrected chi connectivity index (χ4v) is 2.42. The van der Waals surface area contributed by atoms with Crippen LogP contribution >= 0.6 is 11.6 Å². The minimum absolute atomic E-state index is 0.0617. The molecule has 0 saturated heterocycles. The summed E-state index contributed by atoms with van der Waals surface area (Å²) in [5.41, 5.74) is 2.24. The summed E-state index contributed by atoms with van der Waals surface area (Å²) in [6.45, 7) is 2.74. The van der Waals surface area contributed by atoms with Gasteiger partial charge in [-0.25, -0.2) is 0 Å². The molecule has 0 aromatic heterocycles. The molecule has 1 atom stereocenters. The van der Waals surface area contributed by atoms with Crippen molar-refractivity contribution >= 4 is 11.6 Å². The molecule has 0 spiro atoms. The second-order valence-corrected chi connectivity index (χ2v) is 5.15. The quantitative estimate of drug-likeness (QED) is 0.869. The molecule has 0 radical (unpaired) electrons. The zero-order chi connectivity index (χ0) is 14.4. The molecule has 1 N–H and O–H groups in total. The first-order chi connectivity index (χ1) is 9.72. The van der Waals surface area contributed by atoms with Gasteiger partial charge >= 0.3 is 0 Å². The van der Waals surface area contributed by atoms with Crippen molar-refractivity contribution in [2.45, 2.75) is 19.3 Å². The van der Waals surface area contributed by atoms with Gasteiger partial charge in [0, 0.05) is 10.9 Å². The highest BCUT2D eigenvalue weighted by Gasteiger charge is 2.12. The Bertz CT molecular complexity index is 537. The van der Waals surface area contributed by atoms with Crippen molar-refractivity contribution in [1.29, 1.82) is 0 Å². The zero-order valence-corrected chi connectivity index (χ0v) is 12.3. The van der Waals surface area contributed by atoms with Gasteiger partial charge in [-0.05, 0) is 48.7 Å². The van der Waals surface area contributed by atoms with Crippen molar-refractivity contribution in [3.05, 3.63) is 64.7 Å².